The van der Waals surface area contributed by atoms with E-state index in [1.165, 1.54) is 12.1 Å². The third kappa shape index (κ3) is 8.37. The van der Waals surface area contributed by atoms with Crippen LogP contribution in [-0.4, -0.2) is 19.1 Å². The van der Waals surface area contributed by atoms with E-state index in [0.29, 0.717) is 28.1 Å². The molecular weight excluding hydrogens is 987 g/mol. The van der Waals surface area contributed by atoms with Gasteiger partial charge in [-0.15, -0.1) is 0 Å². The molecule has 3 aromatic heterocycles. The summed E-state index contributed by atoms with van der Waals surface area (Å²) in [4.78, 5) is 10.5. The van der Waals surface area contributed by atoms with Crippen molar-refractivity contribution in [2.75, 3.05) is 0 Å². The molecule has 0 radical (unpaired) electrons. The van der Waals surface area contributed by atoms with E-state index in [1.807, 2.05) is 146 Å². The van der Waals surface area contributed by atoms with Crippen LogP contribution in [0.25, 0.3) is 122 Å². The van der Waals surface area contributed by atoms with E-state index in [9.17, 15) is 26.3 Å². The first-order chi connectivity index (χ1) is 37.8. The third-order valence-corrected chi connectivity index (χ3v) is 14.8. The Hall–Kier alpha value is -9.54. The maximum Gasteiger partial charge on any atom is 0.417 e. The van der Waals surface area contributed by atoms with E-state index >= 15 is 0 Å². The van der Waals surface area contributed by atoms with E-state index < -0.39 is 23.5 Å². The largest absolute Gasteiger partial charge is 0.417 e. The fraction of sp³-hybridized carbons (Fsp3) is 0.0588. The molecule has 3 heterocycles. The van der Waals surface area contributed by atoms with Gasteiger partial charge in [0.2, 0.25) is 0 Å². The van der Waals surface area contributed by atoms with Crippen LogP contribution in [0.15, 0.2) is 231 Å². The summed E-state index contributed by atoms with van der Waals surface area (Å²) >= 11 is 0. The average Bonchev–Trinajstić information content (AvgIpc) is 4.15. The van der Waals surface area contributed by atoms with Crippen molar-refractivity contribution in [1.82, 2.24) is 19.1 Å². The molecular formula is C68H44F6N4. The molecule has 0 aliphatic rings. The molecule has 0 N–H and O–H groups in total. The first-order valence-electron chi connectivity index (χ1n) is 25.4. The topological polar surface area (TPSA) is 35.6 Å². The minimum absolute atomic E-state index is 0.103. The first-order valence-corrected chi connectivity index (χ1v) is 25.4. The maximum absolute atomic E-state index is 14.7. The molecule has 0 fully saturated rings. The Kier molecular flexibility index (Phi) is 11.5. The van der Waals surface area contributed by atoms with E-state index in [0.717, 1.165) is 106 Å². The van der Waals surface area contributed by atoms with Gasteiger partial charge in [-0.25, -0.2) is 9.97 Å². The zero-order chi connectivity index (χ0) is 53.5. The van der Waals surface area contributed by atoms with Crippen LogP contribution in [-0.2, 0) is 12.4 Å². The lowest BCUT2D eigenvalue weighted by Crippen LogP contribution is -2.07. The van der Waals surface area contributed by atoms with Crippen LogP contribution in [0.2, 0.25) is 0 Å². The predicted molar refractivity (Wildman–Crippen MR) is 303 cm³/mol. The Bertz CT molecular complexity index is 4440. The highest BCUT2D eigenvalue weighted by Crippen LogP contribution is 2.45. The molecule has 13 rings (SSSR count). The molecule has 0 amide bonds. The average molecular weight is 1030 g/mol. The molecule has 0 spiro atoms. The SMILES string of the molecule is Cc1ccc(-c2ccc3c(c2)c2ccccc2n3-c2ccc(-c3nc(-c4ccccc4)cc(-c4ccccc4)n3)cc2-c2ccccc2-n2c3ccccc3c3cc(-c4ccc(C(F)(F)F)cc4C)ccc32)c(C(F)(F)F)c1. The zero-order valence-electron chi connectivity index (χ0n) is 42.0. The van der Waals surface area contributed by atoms with E-state index in [2.05, 4.69) is 51.6 Å². The number of alkyl halides is 6. The molecule has 0 unspecified atom stereocenters. The molecule has 13 aromatic rings. The molecule has 0 saturated heterocycles. The lowest BCUT2D eigenvalue weighted by atomic mass is 9.96. The minimum Gasteiger partial charge on any atom is -0.309 e. The summed E-state index contributed by atoms with van der Waals surface area (Å²) in [6.45, 7) is 3.37. The van der Waals surface area contributed by atoms with Crippen LogP contribution < -0.4 is 0 Å². The molecule has 10 aromatic carbocycles. The van der Waals surface area contributed by atoms with E-state index in [4.69, 9.17) is 9.97 Å². The number of benzene rings is 10. The smallest absolute Gasteiger partial charge is 0.309 e. The van der Waals surface area contributed by atoms with Crippen molar-refractivity contribution in [3.63, 3.8) is 0 Å². The molecule has 378 valence electrons. The van der Waals surface area contributed by atoms with Gasteiger partial charge in [0.1, 0.15) is 0 Å². The van der Waals surface area contributed by atoms with Crippen molar-refractivity contribution < 1.29 is 26.3 Å². The molecule has 0 aliphatic heterocycles. The van der Waals surface area contributed by atoms with Gasteiger partial charge in [0.15, 0.2) is 5.82 Å². The number of halogens is 6. The lowest BCUT2D eigenvalue weighted by molar-refractivity contribution is -0.138. The summed E-state index contributed by atoms with van der Waals surface area (Å²) in [7, 11) is 0. The van der Waals surface area contributed by atoms with Crippen molar-refractivity contribution in [2.24, 2.45) is 0 Å². The molecule has 0 aliphatic carbocycles. The highest BCUT2D eigenvalue weighted by atomic mass is 19.4. The number of aryl methyl sites for hydroxylation is 2. The highest BCUT2D eigenvalue weighted by Gasteiger charge is 2.34. The van der Waals surface area contributed by atoms with Gasteiger partial charge >= 0.3 is 12.4 Å². The number of rotatable bonds is 8. The van der Waals surface area contributed by atoms with Crippen molar-refractivity contribution in [3.05, 3.63) is 253 Å². The van der Waals surface area contributed by atoms with Gasteiger partial charge < -0.3 is 9.13 Å². The number of nitrogens with zero attached hydrogens (tertiary/aromatic N) is 4. The standard InChI is InChI=1S/C68H44F6N4/c1-41-25-30-50(57(35-41)68(72,73)74)46-27-33-64-55(38-46)52-20-10-14-24-62(52)78(64)65-34-28-47(66-75-58(43-15-5-3-6-16-43)40-59(76-66)44-17-7-4-8-18-44)39-56(65)53-21-11-13-23-61(53)77-60-22-12-9-19-51(60)54-37-45(26-32-63(54)77)49-31-29-48(36-42(49)2)67(69,70)71/h3-40H,1-2H3. The van der Waals surface area contributed by atoms with Gasteiger partial charge in [-0.3, -0.25) is 0 Å². The van der Waals surface area contributed by atoms with Gasteiger partial charge in [0.05, 0.1) is 56.0 Å². The second-order valence-electron chi connectivity index (χ2n) is 19.7. The van der Waals surface area contributed by atoms with Crippen molar-refractivity contribution in [1.29, 1.82) is 0 Å². The Morgan fingerprint density at radius 1 is 0.333 bits per heavy atom. The van der Waals surface area contributed by atoms with Crippen LogP contribution in [0.4, 0.5) is 26.3 Å². The second-order valence-corrected chi connectivity index (χ2v) is 19.7. The Labute approximate surface area is 444 Å². The first kappa shape index (κ1) is 48.1. The van der Waals surface area contributed by atoms with Gasteiger partial charge in [0, 0.05) is 49.4 Å². The van der Waals surface area contributed by atoms with E-state index in [1.54, 1.807) is 38.1 Å². The van der Waals surface area contributed by atoms with Crippen LogP contribution in [0, 0.1) is 13.8 Å². The molecule has 10 heteroatoms. The number of hydrogen-bond donors (Lipinski definition) is 0. The Morgan fingerprint density at radius 2 is 0.833 bits per heavy atom. The molecule has 0 bridgehead atoms. The Morgan fingerprint density at radius 3 is 1.41 bits per heavy atom. The highest BCUT2D eigenvalue weighted by molar-refractivity contribution is 6.13. The fourth-order valence-electron chi connectivity index (χ4n) is 11.2. The summed E-state index contributed by atoms with van der Waals surface area (Å²) in [5.74, 6) is 0.508. The maximum atomic E-state index is 14.7. The van der Waals surface area contributed by atoms with Crippen LogP contribution >= 0.6 is 0 Å². The van der Waals surface area contributed by atoms with Gasteiger partial charge in [-0.2, -0.15) is 26.3 Å². The summed E-state index contributed by atoms with van der Waals surface area (Å²) < 4.78 is 89.9. The third-order valence-electron chi connectivity index (χ3n) is 14.8. The van der Waals surface area contributed by atoms with Crippen molar-refractivity contribution in [2.45, 2.75) is 26.2 Å². The number of para-hydroxylation sites is 3. The Balaban J connectivity index is 1.07. The minimum atomic E-state index is -4.57. The van der Waals surface area contributed by atoms with Crippen LogP contribution in [0.1, 0.15) is 22.3 Å². The van der Waals surface area contributed by atoms with Crippen LogP contribution in [0.5, 0.6) is 0 Å². The summed E-state index contributed by atoms with van der Waals surface area (Å²) in [6, 6.07) is 72.4. The van der Waals surface area contributed by atoms with Crippen molar-refractivity contribution in [3.8, 4) is 78.7 Å². The summed E-state index contributed by atoms with van der Waals surface area (Å²) in [6.07, 6.45) is -9.03. The predicted octanol–water partition coefficient (Wildman–Crippen LogP) is 19.3. The molecule has 78 heavy (non-hydrogen) atoms. The lowest BCUT2D eigenvalue weighted by Gasteiger charge is -2.20. The number of fused-ring (bicyclic) bond motifs is 6. The van der Waals surface area contributed by atoms with Gasteiger partial charge in [-0.1, -0.05) is 151 Å². The number of aromatic nitrogens is 4. The monoisotopic (exact) mass is 1030 g/mol. The van der Waals surface area contributed by atoms with Gasteiger partial charge in [0.25, 0.3) is 0 Å². The fourth-order valence-corrected chi connectivity index (χ4v) is 11.2. The molecule has 4 nitrogen and oxygen atoms in total. The quantitative estimate of drug-likeness (QED) is 0.142. The molecule has 0 atom stereocenters. The number of hydrogen-bond acceptors (Lipinski definition) is 2. The van der Waals surface area contributed by atoms with E-state index in [-0.39, 0.29) is 5.56 Å². The normalized spacial score (nSPS) is 12.1. The second kappa shape index (κ2) is 18.6. The summed E-state index contributed by atoms with van der Waals surface area (Å²) in [5.41, 5.74) is 12.6. The van der Waals surface area contributed by atoms with Crippen molar-refractivity contribution >= 4 is 43.6 Å². The zero-order valence-corrected chi connectivity index (χ0v) is 42.0. The summed E-state index contributed by atoms with van der Waals surface area (Å²) in [5, 5.41) is 3.54. The molecule has 0 saturated carbocycles. The van der Waals surface area contributed by atoms with Gasteiger partial charge in [-0.05, 0) is 127 Å². The van der Waals surface area contributed by atoms with Crippen LogP contribution in [0.3, 0.4) is 0 Å².